The summed E-state index contributed by atoms with van der Waals surface area (Å²) in [4.78, 5) is 10.5. The number of nitrogens with two attached hydrogens (primary N) is 1. The van der Waals surface area contributed by atoms with E-state index in [2.05, 4.69) is 16.9 Å². The van der Waals surface area contributed by atoms with Crippen molar-refractivity contribution in [1.82, 2.24) is 9.97 Å². The van der Waals surface area contributed by atoms with Gasteiger partial charge in [-0.15, -0.1) is 0 Å². The molecular weight excluding hydrogens is 192 g/mol. The molecule has 0 aliphatic rings. The number of rotatable bonds is 5. The summed E-state index contributed by atoms with van der Waals surface area (Å²) < 4.78 is 5.10. The van der Waals surface area contributed by atoms with Gasteiger partial charge in [0.1, 0.15) is 0 Å². The highest BCUT2D eigenvalue weighted by Crippen LogP contribution is 2.15. The number of methoxy groups -OCH3 is 1. The van der Waals surface area contributed by atoms with Crippen LogP contribution in [0, 0.1) is 0 Å². The van der Waals surface area contributed by atoms with Crippen molar-refractivity contribution >= 4 is 5.82 Å². The van der Waals surface area contributed by atoms with Gasteiger partial charge in [-0.25, -0.2) is 4.98 Å². The summed E-state index contributed by atoms with van der Waals surface area (Å²) >= 11 is 0. The zero-order valence-electron chi connectivity index (χ0n) is 9.47. The van der Waals surface area contributed by atoms with E-state index >= 15 is 0 Å². The van der Waals surface area contributed by atoms with E-state index in [0.29, 0.717) is 13.2 Å². The van der Waals surface area contributed by atoms with Gasteiger partial charge in [0.25, 0.3) is 0 Å². The molecule has 0 bridgehead atoms. The third kappa shape index (κ3) is 2.87. The quantitative estimate of drug-likeness (QED) is 0.762. The summed E-state index contributed by atoms with van der Waals surface area (Å²) in [5.74, 6) is 0.824. The molecule has 1 atom stereocenters. The van der Waals surface area contributed by atoms with Crippen LogP contribution in [0.4, 0.5) is 5.82 Å². The third-order valence-electron chi connectivity index (χ3n) is 2.35. The van der Waals surface area contributed by atoms with E-state index in [4.69, 9.17) is 10.5 Å². The fraction of sp³-hybridized carbons (Fsp3) is 0.600. The molecule has 0 aliphatic heterocycles. The molecule has 2 N–H and O–H groups in total. The minimum atomic E-state index is 0.247. The third-order valence-corrected chi connectivity index (χ3v) is 2.35. The number of aromatic nitrogens is 2. The predicted molar refractivity (Wildman–Crippen MR) is 59.7 cm³/mol. The van der Waals surface area contributed by atoms with Crippen molar-refractivity contribution in [3.63, 3.8) is 0 Å². The van der Waals surface area contributed by atoms with Crippen molar-refractivity contribution in [3.05, 3.63) is 18.1 Å². The van der Waals surface area contributed by atoms with Gasteiger partial charge in [0, 0.05) is 33.1 Å². The van der Waals surface area contributed by atoms with Crippen LogP contribution in [0.3, 0.4) is 0 Å². The van der Waals surface area contributed by atoms with Gasteiger partial charge < -0.3 is 15.4 Å². The summed E-state index contributed by atoms with van der Waals surface area (Å²) in [5, 5.41) is 0. The lowest BCUT2D eigenvalue weighted by atomic mass is 10.3. The Bertz CT molecular complexity index is 305. The van der Waals surface area contributed by atoms with Crippen LogP contribution < -0.4 is 10.6 Å². The second-order valence-corrected chi connectivity index (χ2v) is 3.45. The molecule has 1 unspecified atom stereocenters. The highest BCUT2D eigenvalue weighted by atomic mass is 16.5. The molecule has 1 rings (SSSR count). The van der Waals surface area contributed by atoms with Crippen molar-refractivity contribution in [1.29, 1.82) is 0 Å². The van der Waals surface area contributed by atoms with E-state index in [1.54, 1.807) is 19.5 Å². The van der Waals surface area contributed by atoms with E-state index in [1.165, 1.54) is 0 Å². The molecule has 0 radical (unpaired) electrons. The molecule has 1 heterocycles. The lowest BCUT2D eigenvalue weighted by Crippen LogP contribution is -2.34. The van der Waals surface area contributed by atoms with Crippen molar-refractivity contribution in [2.24, 2.45) is 5.73 Å². The maximum atomic E-state index is 5.60. The molecule has 0 fully saturated rings. The Morgan fingerprint density at radius 2 is 2.13 bits per heavy atom. The van der Waals surface area contributed by atoms with E-state index in [9.17, 15) is 0 Å². The van der Waals surface area contributed by atoms with Crippen LogP contribution in [0.2, 0.25) is 0 Å². The van der Waals surface area contributed by atoms with Gasteiger partial charge in [0.15, 0.2) is 5.82 Å². The molecule has 15 heavy (non-hydrogen) atoms. The molecule has 5 nitrogen and oxygen atoms in total. The van der Waals surface area contributed by atoms with Gasteiger partial charge in [-0.3, -0.25) is 4.98 Å². The van der Waals surface area contributed by atoms with Crippen molar-refractivity contribution in [2.45, 2.75) is 19.5 Å². The second kappa shape index (κ2) is 5.63. The second-order valence-electron chi connectivity index (χ2n) is 3.45. The number of ether oxygens (including phenoxy) is 1. The van der Waals surface area contributed by atoms with Gasteiger partial charge >= 0.3 is 0 Å². The number of hydrogen-bond donors (Lipinski definition) is 1. The molecule has 1 aromatic heterocycles. The fourth-order valence-corrected chi connectivity index (χ4v) is 1.36. The largest absolute Gasteiger partial charge is 0.383 e. The van der Waals surface area contributed by atoms with Gasteiger partial charge in [-0.05, 0) is 6.92 Å². The standard InChI is InChI=1S/C10H18N4O/c1-8(7-15-3)14(2)10-9(6-11)12-4-5-13-10/h4-5,8H,6-7,11H2,1-3H3. The van der Waals surface area contributed by atoms with Gasteiger partial charge in [-0.1, -0.05) is 0 Å². The van der Waals surface area contributed by atoms with Crippen LogP contribution in [0.15, 0.2) is 12.4 Å². The van der Waals surface area contributed by atoms with Crippen LogP contribution in [-0.4, -0.2) is 36.8 Å². The van der Waals surface area contributed by atoms with Crippen LogP contribution in [0.1, 0.15) is 12.6 Å². The molecule has 84 valence electrons. The van der Waals surface area contributed by atoms with Gasteiger partial charge in [-0.2, -0.15) is 0 Å². The lowest BCUT2D eigenvalue weighted by molar-refractivity contribution is 0.183. The first-order valence-corrected chi connectivity index (χ1v) is 4.92. The Balaban J connectivity index is 2.84. The van der Waals surface area contributed by atoms with Gasteiger partial charge in [0.05, 0.1) is 18.3 Å². The van der Waals surface area contributed by atoms with Crippen LogP contribution in [-0.2, 0) is 11.3 Å². The molecular formula is C10H18N4O. The van der Waals surface area contributed by atoms with Crippen LogP contribution >= 0.6 is 0 Å². The first-order chi connectivity index (χ1) is 7.20. The summed E-state index contributed by atoms with van der Waals surface area (Å²) in [5.41, 5.74) is 6.41. The maximum Gasteiger partial charge on any atom is 0.151 e. The highest BCUT2D eigenvalue weighted by molar-refractivity contribution is 5.42. The number of anilines is 1. The number of nitrogens with zero attached hydrogens (tertiary/aromatic N) is 3. The Hall–Kier alpha value is -1.20. The number of hydrogen-bond acceptors (Lipinski definition) is 5. The zero-order chi connectivity index (χ0) is 11.3. The first-order valence-electron chi connectivity index (χ1n) is 4.92. The lowest BCUT2D eigenvalue weighted by Gasteiger charge is -2.26. The molecule has 0 aromatic carbocycles. The van der Waals surface area contributed by atoms with Crippen LogP contribution in [0.25, 0.3) is 0 Å². The smallest absolute Gasteiger partial charge is 0.151 e. The van der Waals surface area contributed by atoms with Gasteiger partial charge in [0.2, 0.25) is 0 Å². The summed E-state index contributed by atoms with van der Waals surface area (Å²) in [7, 11) is 3.65. The minimum absolute atomic E-state index is 0.247. The van der Waals surface area contributed by atoms with E-state index in [1.807, 2.05) is 11.9 Å². The average molecular weight is 210 g/mol. The van der Waals surface area contributed by atoms with Crippen LogP contribution in [0.5, 0.6) is 0 Å². The van der Waals surface area contributed by atoms with Crippen molar-refractivity contribution in [2.75, 3.05) is 25.7 Å². The Labute approximate surface area is 90.3 Å². The van der Waals surface area contributed by atoms with E-state index in [-0.39, 0.29) is 6.04 Å². The van der Waals surface area contributed by atoms with Crippen molar-refractivity contribution in [3.8, 4) is 0 Å². The Morgan fingerprint density at radius 1 is 1.47 bits per heavy atom. The highest BCUT2D eigenvalue weighted by Gasteiger charge is 2.14. The van der Waals surface area contributed by atoms with E-state index < -0.39 is 0 Å². The molecule has 0 saturated carbocycles. The molecule has 0 saturated heterocycles. The molecule has 0 amide bonds. The minimum Gasteiger partial charge on any atom is -0.383 e. The molecule has 0 spiro atoms. The zero-order valence-corrected chi connectivity index (χ0v) is 9.47. The average Bonchev–Trinajstić information content (AvgIpc) is 2.28. The number of likely N-dealkylation sites (N-methyl/N-ethyl adjacent to an activating group) is 1. The summed E-state index contributed by atoms with van der Waals surface area (Å²) in [6, 6.07) is 0.247. The summed E-state index contributed by atoms with van der Waals surface area (Å²) in [6.45, 7) is 3.11. The van der Waals surface area contributed by atoms with E-state index in [0.717, 1.165) is 11.5 Å². The summed E-state index contributed by atoms with van der Waals surface area (Å²) in [6.07, 6.45) is 3.32. The normalized spacial score (nSPS) is 12.5. The topological polar surface area (TPSA) is 64.3 Å². The molecule has 5 heteroatoms. The fourth-order valence-electron chi connectivity index (χ4n) is 1.36. The first kappa shape index (κ1) is 11.9. The molecule has 0 aliphatic carbocycles. The monoisotopic (exact) mass is 210 g/mol. The predicted octanol–water partition coefficient (Wildman–Crippen LogP) is 0.406. The molecule has 1 aromatic rings. The Morgan fingerprint density at radius 3 is 2.73 bits per heavy atom. The SMILES string of the molecule is COCC(C)N(C)c1nccnc1CN. The Kier molecular flexibility index (Phi) is 4.45. The van der Waals surface area contributed by atoms with Crippen molar-refractivity contribution < 1.29 is 4.74 Å². The maximum absolute atomic E-state index is 5.60.